The summed E-state index contributed by atoms with van der Waals surface area (Å²) in [7, 11) is 1.97. The molecule has 1 aliphatic rings. The SMILES string of the molecule is CCNC(c1ccn(C)n1)C1C(C)OC(C)C1C. The summed E-state index contributed by atoms with van der Waals surface area (Å²) in [6.07, 6.45) is 2.62. The van der Waals surface area contributed by atoms with Gasteiger partial charge in [0.25, 0.3) is 0 Å². The van der Waals surface area contributed by atoms with Crippen molar-refractivity contribution in [1.29, 1.82) is 0 Å². The highest BCUT2D eigenvalue weighted by atomic mass is 16.5. The van der Waals surface area contributed by atoms with Gasteiger partial charge in [0, 0.05) is 19.2 Å². The van der Waals surface area contributed by atoms with Gasteiger partial charge >= 0.3 is 0 Å². The summed E-state index contributed by atoms with van der Waals surface area (Å²) < 4.78 is 7.84. The summed E-state index contributed by atoms with van der Waals surface area (Å²) in [5.41, 5.74) is 1.13. The van der Waals surface area contributed by atoms with Crippen molar-refractivity contribution in [2.75, 3.05) is 6.54 Å². The lowest BCUT2D eigenvalue weighted by Crippen LogP contribution is -2.35. The molecule has 0 bridgehead atoms. The fraction of sp³-hybridized carbons (Fsp3) is 0.786. The third-order valence-corrected chi connectivity index (χ3v) is 4.18. The first-order valence-electron chi connectivity index (χ1n) is 6.93. The Kier molecular flexibility index (Phi) is 4.07. The minimum Gasteiger partial charge on any atom is -0.375 e. The molecule has 2 rings (SSSR count). The van der Waals surface area contributed by atoms with Crippen molar-refractivity contribution in [3.05, 3.63) is 18.0 Å². The van der Waals surface area contributed by atoms with E-state index in [-0.39, 0.29) is 12.1 Å². The van der Waals surface area contributed by atoms with Crippen LogP contribution in [0.15, 0.2) is 12.3 Å². The molecular weight excluding hydrogens is 226 g/mol. The van der Waals surface area contributed by atoms with E-state index in [1.165, 1.54) is 0 Å². The van der Waals surface area contributed by atoms with Crippen LogP contribution in [0, 0.1) is 11.8 Å². The number of aryl methyl sites for hydroxylation is 1. The molecule has 5 unspecified atom stereocenters. The van der Waals surface area contributed by atoms with Gasteiger partial charge in [-0.3, -0.25) is 4.68 Å². The number of hydrogen-bond acceptors (Lipinski definition) is 3. The molecule has 1 fully saturated rings. The van der Waals surface area contributed by atoms with Gasteiger partial charge < -0.3 is 10.1 Å². The number of aromatic nitrogens is 2. The molecule has 1 saturated heterocycles. The molecule has 5 atom stereocenters. The van der Waals surface area contributed by atoms with Gasteiger partial charge in [-0.05, 0) is 32.4 Å². The standard InChI is InChI=1S/C14H25N3O/c1-6-15-14(12-7-8-17(5)16-12)13-9(2)10(3)18-11(13)4/h7-11,13-15H,6H2,1-5H3. The lowest BCUT2D eigenvalue weighted by Gasteiger charge is -2.28. The maximum atomic E-state index is 5.97. The van der Waals surface area contributed by atoms with Gasteiger partial charge in [-0.2, -0.15) is 5.10 Å². The summed E-state index contributed by atoms with van der Waals surface area (Å²) >= 11 is 0. The molecular formula is C14H25N3O. The van der Waals surface area contributed by atoms with Crippen LogP contribution < -0.4 is 5.32 Å². The Balaban J connectivity index is 2.24. The largest absolute Gasteiger partial charge is 0.375 e. The summed E-state index contributed by atoms with van der Waals surface area (Å²) in [4.78, 5) is 0. The van der Waals surface area contributed by atoms with Gasteiger partial charge in [0.1, 0.15) is 0 Å². The minimum absolute atomic E-state index is 0.279. The van der Waals surface area contributed by atoms with Crippen LogP contribution in [0.2, 0.25) is 0 Å². The van der Waals surface area contributed by atoms with Gasteiger partial charge in [0.2, 0.25) is 0 Å². The van der Waals surface area contributed by atoms with Crippen LogP contribution >= 0.6 is 0 Å². The first-order valence-corrected chi connectivity index (χ1v) is 6.93. The van der Waals surface area contributed by atoms with Crippen molar-refractivity contribution in [2.24, 2.45) is 18.9 Å². The molecule has 0 radical (unpaired) electrons. The highest BCUT2D eigenvalue weighted by Gasteiger charge is 2.42. The van der Waals surface area contributed by atoms with Crippen LogP contribution in [-0.4, -0.2) is 28.5 Å². The number of hydrogen-bond donors (Lipinski definition) is 1. The molecule has 0 aromatic carbocycles. The molecule has 0 spiro atoms. The second-order valence-corrected chi connectivity index (χ2v) is 5.43. The molecule has 4 nitrogen and oxygen atoms in total. The summed E-state index contributed by atoms with van der Waals surface area (Å²) in [6.45, 7) is 9.72. The molecule has 0 amide bonds. The van der Waals surface area contributed by atoms with Crippen LogP contribution in [0.3, 0.4) is 0 Å². The molecule has 0 aliphatic carbocycles. The zero-order chi connectivity index (χ0) is 13.3. The Hall–Kier alpha value is -0.870. The number of ether oxygens (including phenoxy) is 1. The Labute approximate surface area is 110 Å². The van der Waals surface area contributed by atoms with Crippen LogP contribution in [0.1, 0.15) is 39.4 Å². The minimum atomic E-state index is 0.279. The molecule has 0 saturated carbocycles. The molecule has 102 valence electrons. The van der Waals surface area contributed by atoms with Crippen LogP contribution in [0.25, 0.3) is 0 Å². The van der Waals surface area contributed by atoms with Crippen molar-refractivity contribution in [1.82, 2.24) is 15.1 Å². The fourth-order valence-electron chi connectivity index (χ4n) is 3.12. The van der Waals surface area contributed by atoms with Gasteiger partial charge in [0.05, 0.1) is 23.9 Å². The fourth-order valence-corrected chi connectivity index (χ4v) is 3.12. The van der Waals surface area contributed by atoms with Gasteiger partial charge in [-0.25, -0.2) is 0 Å². The second kappa shape index (κ2) is 5.41. The quantitative estimate of drug-likeness (QED) is 0.891. The van der Waals surface area contributed by atoms with Gasteiger partial charge in [0.15, 0.2) is 0 Å². The third kappa shape index (κ3) is 2.45. The number of rotatable bonds is 4. The lowest BCUT2D eigenvalue weighted by atomic mass is 9.82. The Morgan fingerprint density at radius 3 is 2.56 bits per heavy atom. The van der Waals surface area contributed by atoms with E-state index in [0.717, 1.165) is 12.2 Å². The topological polar surface area (TPSA) is 39.1 Å². The average Bonchev–Trinajstić information content (AvgIpc) is 2.83. The van der Waals surface area contributed by atoms with E-state index in [2.05, 4.69) is 44.2 Å². The molecule has 18 heavy (non-hydrogen) atoms. The van der Waals surface area contributed by atoms with Crippen LogP contribution in [-0.2, 0) is 11.8 Å². The molecule has 2 heterocycles. The lowest BCUT2D eigenvalue weighted by molar-refractivity contribution is 0.0474. The summed E-state index contributed by atoms with van der Waals surface area (Å²) in [6, 6.07) is 2.39. The van der Waals surface area contributed by atoms with Crippen molar-refractivity contribution in [2.45, 2.75) is 45.9 Å². The monoisotopic (exact) mass is 251 g/mol. The molecule has 1 aromatic rings. The Bertz CT molecular complexity index is 390. The molecule has 1 aliphatic heterocycles. The van der Waals surface area contributed by atoms with E-state index in [0.29, 0.717) is 17.9 Å². The van der Waals surface area contributed by atoms with E-state index in [1.807, 2.05) is 17.9 Å². The molecule has 1 aromatic heterocycles. The number of nitrogens with one attached hydrogen (secondary N) is 1. The van der Waals surface area contributed by atoms with Crippen LogP contribution in [0.4, 0.5) is 0 Å². The average molecular weight is 251 g/mol. The Morgan fingerprint density at radius 1 is 1.39 bits per heavy atom. The smallest absolute Gasteiger partial charge is 0.0797 e. The molecule has 1 N–H and O–H groups in total. The van der Waals surface area contributed by atoms with Gasteiger partial charge in [-0.1, -0.05) is 13.8 Å². The first-order chi connectivity index (χ1) is 8.54. The maximum absolute atomic E-state index is 5.97. The first kappa shape index (κ1) is 13.6. The van der Waals surface area contributed by atoms with Crippen molar-refractivity contribution in [3.63, 3.8) is 0 Å². The van der Waals surface area contributed by atoms with E-state index in [4.69, 9.17) is 4.74 Å². The predicted molar refractivity (Wildman–Crippen MR) is 72.3 cm³/mol. The summed E-state index contributed by atoms with van der Waals surface area (Å²) in [5, 5.41) is 8.15. The highest BCUT2D eigenvalue weighted by molar-refractivity contribution is 5.10. The zero-order valence-electron chi connectivity index (χ0n) is 12.1. The predicted octanol–water partition coefficient (Wildman–Crippen LogP) is 2.13. The number of nitrogens with zero attached hydrogens (tertiary/aromatic N) is 2. The van der Waals surface area contributed by atoms with Crippen molar-refractivity contribution < 1.29 is 4.74 Å². The second-order valence-electron chi connectivity index (χ2n) is 5.43. The van der Waals surface area contributed by atoms with Crippen molar-refractivity contribution >= 4 is 0 Å². The zero-order valence-corrected chi connectivity index (χ0v) is 12.1. The highest BCUT2D eigenvalue weighted by Crippen LogP contribution is 2.40. The maximum Gasteiger partial charge on any atom is 0.0797 e. The van der Waals surface area contributed by atoms with Crippen LogP contribution in [0.5, 0.6) is 0 Å². The van der Waals surface area contributed by atoms with E-state index in [9.17, 15) is 0 Å². The third-order valence-electron chi connectivity index (χ3n) is 4.18. The van der Waals surface area contributed by atoms with Gasteiger partial charge in [-0.15, -0.1) is 0 Å². The van der Waals surface area contributed by atoms with E-state index >= 15 is 0 Å². The Morgan fingerprint density at radius 2 is 2.11 bits per heavy atom. The van der Waals surface area contributed by atoms with E-state index in [1.54, 1.807) is 0 Å². The normalized spacial score (nSPS) is 33.8. The summed E-state index contributed by atoms with van der Waals surface area (Å²) in [5.74, 6) is 1.03. The van der Waals surface area contributed by atoms with Crippen molar-refractivity contribution in [3.8, 4) is 0 Å². The van der Waals surface area contributed by atoms with E-state index < -0.39 is 0 Å². The molecule has 4 heteroatoms.